The van der Waals surface area contributed by atoms with E-state index in [9.17, 15) is 8.42 Å². The highest BCUT2D eigenvalue weighted by molar-refractivity contribution is 14.0. The molecule has 1 atom stereocenters. The normalized spacial score (nSPS) is 19.3. The van der Waals surface area contributed by atoms with Gasteiger partial charge in [-0.15, -0.1) is 35.3 Å². The number of aliphatic imine (C=N–C) groups is 1. The van der Waals surface area contributed by atoms with Crippen LogP contribution in [0, 0.1) is 0 Å². The van der Waals surface area contributed by atoms with Crippen LogP contribution in [0.1, 0.15) is 24.8 Å². The SMILES string of the molecule is CCNC(=NCCCc1nc2ccccc2s1)NC1CCS(=O)(=O)C1.I. The summed E-state index contributed by atoms with van der Waals surface area (Å²) >= 11 is 1.73. The minimum absolute atomic E-state index is 0. The molecule has 0 radical (unpaired) electrons. The third kappa shape index (κ3) is 6.05. The standard InChI is InChI=1S/C17H24N4O2S2.HI/c1-2-18-17(20-13-9-11-25(22,23)12-13)19-10-5-8-16-21-14-6-3-4-7-15(14)24-16;/h3-4,6-7,13H,2,5,8-12H2,1H3,(H2,18,19,20);1H. The molecule has 3 rings (SSSR count). The molecule has 0 amide bonds. The van der Waals surface area contributed by atoms with Crippen molar-refractivity contribution in [1.29, 1.82) is 0 Å². The first-order valence-corrected chi connectivity index (χ1v) is 11.3. The smallest absolute Gasteiger partial charge is 0.191 e. The van der Waals surface area contributed by atoms with Crippen LogP contribution in [-0.4, -0.2) is 50.0 Å². The van der Waals surface area contributed by atoms with Crippen LogP contribution >= 0.6 is 35.3 Å². The third-order valence-corrected chi connectivity index (χ3v) is 6.94. The van der Waals surface area contributed by atoms with Crippen LogP contribution < -0.4 is 10.6 Å². The molecule has 144 valence electrons. The fourth-order valence-corrected chi connectivity index (χ4v) is 5.55. The Morgan fingerprint density at radius 1 is 1.38 bits per heavy atom. The number of hydrogen-bond donors (Lipinski definition) is 2. The van der Waals surface area contributed by atoms with Gasteiger partial charge in [-0.2, -0.15) is 0 Å². The van der Waals surface area contributed by atoms with Crippen molar-refractivity contribution in [3.05, 3.63) is 29.3 Å². The van der Waals surface area contributed by atoms with E-state index in [0.29, 0.717) is 18.9 Å². The van der Waals surface area contributed by atoms with Gasteiger partial charge in [0.2, 0.25) is 0 Å². The van der Waals surface area contributed by atoms with Crippen LogP contribution in [0.2, 0.25) is 0 Å². The summed E-state index contributed by atoms with van der Waals surface area (Å²) in [6.45, 7) is 3.44. The lowest BCUT2D eigenvalue weighted by Gasteiger charge is -2.15. The molecule has 0 spiro atoms. The zero-order chi connectivity index (χ0) is 17.7. The zero-order valence-corrected chi connectivity index (χ0v) is 18.7. The molecule has 1 aliphatic rings. The van der Waals surface area contributed by atoms with E-state index in [-0.39, 0.29) is 41.5 Å². The number of benzene rings is 1. The number of hydrogen-bond acceptors (Lipinski definition) is 5. The maximum absolute atomic E-state index is 11.6. The van der Waals surface area contributed by atoms with E-state index in [0.717, 1.165) is 29.9 Å². The molecule has 1 fully saturated rings. The molecule has 26 heavy (non-hydrogen) atoms. The highest BCUT2D eigenvalue weighted by Gasteiger charge is 2.28. The lowest BCUT2D eigenvalue weighted by atomic mass is 10.3. The monoisotopic (exact) mass is 508 g/mol. The third-order valence-electron chi connectivity index (χ3n) is 4.07. The Morgan fingerprint density at radius 2 is 2.19 bits per heavy atom. The molecular formula is C17H25IN4O2S2. The summed E-state index contributed by atoms with van der Waals surface area (Å²) in [5.41, 5.74) is 1.06. The van der Waals surface area contributed by atoms with Crippen molar-refractivity contribution in [1.82, 2.24) is 15.6 Å². The number of para-hydroxylation sites is 1. The summed E-state index contributed by atoms with van der Waals surface area (Å²) in [7, 11) is -2.88. The van der Waals surface area contributed by atoms with Gasteiger partial charge >= 0.3 is 0 Å². The summed E-state index contributed by atoms with van der Waals surface area (Å²) in [6, 6.07) is 8.14. The summed E-state index contributed by atoms with van der Waals surface area (Å²) in [6.07, 6.45) is 2.47. The van der Waals surface area contributed by atoms with Crippen LogP contribution in [0.5, 0.6) is 0 Å². The summed E-state index contributed by atoms with van der Waals surface area (Å²) in [5.74, 6) is 1.17. The molecule has 2 heterocycles. The molecule has 9 heteroatoms. The number of guanidine groups is 1. The number of sulfone groups is 1. The topological polar surface area (TPSA) is 83.4 Å². The molecule has 2 aromatic rings. The lowest BCUT2D eigenvalue weighted by Crippen LogP contribution is -2.44. The first-order chi connectivity index (χ1) is 12.1. The van der Waals surface area contributed by atoms with Gasteiger partial charge in [-0.05, 0) is 31.9 Å². The van der Waals surface area contributed by atoms with E-state index in [4.69, 9.17) is 0 Å². The molecule has 1 unspecified atom stereocenters. The van der Waals surface area contributed by atoms with Gasteiger partial charge in [0.1, 0.15) is 0 Å². The predicted octanol–water partition coefficient (Wildman–Crippen LogP) is 2.59. The van der Waals surface area contributed by atoms with Crippen molar-refractivity contribution in [3.63, 3.8) is 0 Å². The van der Waals surface area contributed by atoms with Crippen LogP contribution in [0.4, 0.5) is 0 Å². The molecule has 1 aliphatic heterocycles. The van der Waals surface area contributed by atoms with Gasteiger partial charge in [0.25, 0.3) is 0 Å². The second-order valence-corrected chi connectivity index (χ2v) is 9.53. The minimum atomic E-state index is -2.88. The Balaban J connectivity index is 0.00000243. The van der Waals surface area contributed by atoms with Crippen LogP contribution in [-0.2, 0) is 16.3 Å². The minimum Gasteiger partial charge on any atom is -0.357 e. The van der Waals surface area contributed by atoms with Crippen molar-refractivity contribution < 1.29 is 8.42 Å². The average molecular weight is 508 g/mol. The molecule has 0 aliphatic carbocycles. The van der Waals surface area contributed by atoms with Gasteiger partial charge in [-0.25, -0.2) is 13.4 Å². The maximum Gasteiger partial charge on any atom is 0.191 e. The van der Waals surface area contributed by atoms with Crippen LogP contribution in [0.25, 0.3) is 10.2 Å². The van der Waals surface area contributed by atoms with Crippen LogP contribution in [0.3, 0.4) is 0 Å². The quantitative estimate of drug-likeness (QED) is 0.271. The van der Waals surface area contributed by atoms with E-state index in [2.05, 4.69) is 26.7 Å². The number of nitrogens with one attached hydrogen (secondary N) is 2. The predicted molar refractivity (Wildman–Crippen MR) is 120 cm³/mol. The van der Waals surface area contributed by atoms with E-state index in [1.54, 1.807) is 11.3 Å². The van der Waals surface area contributed by atoms with Crippen molar-refractivity contribution in [2.45, 2.75) is 32.2 Å². The maximum atomic E-state index is 11.6. The first-order valence-electron chi connectivity index (χ1n) is 8.65. The number of aryl methyl sites for hydroxylation is 1. The van der Waals surface area contributed by atoms with Crippen molar-refractivity contribution in [2.75, 3.05) is 24.6 Å². The number of rotatable bonds is 6. The van der Waals surface area contributed by atoms with Crippen molar-refractivity contribution in [3.8, 4) is 0 Å². The molecule has 6 nitrogen and oxygen atoms in total. The highest BCUT2D eigenvalue weighted by Crippen LogP contribution is 2.22. The summed E-state index contributed by atoms with van der Waals surface area (Å²) < 4.78 is 24.4. The molecule has 2 N–H and O–H groups in total. The zero-order valence-electron chi connectivity index (χ0n) is 14.8. The van der Waals surface area contributed by atoms with Crippen LogP contribution in [0.15, 0.2) is 29.3 Å². The van der Waals surface area contributed by atoms with Gasteiger partial charge in [0.05, 0.1) is 26.7 Å². The lowest BCUT2D eigenvalue weighted by molar-refractivity contribution is 0.599. The van der Waals surface area contributed by atoms with E-state index in [1.165, 1.54) is 4.70 Å². The first kappa shape index (κ1) is 21.4. The molecular weight excluding hydrogens is 483 g/mol. The largest absolute Gasteiger partial charge is 0.357 e. The second-order valence-electron chi connectivity index (χ2n) is 6.18. The number of halogens is 1. The van der Waals surface area contributed by atoms with Gasteiger partial charge in [0, 0.05) is 25.6 Å². The van der Waals surface area contributed by atoms with Crippen molar-refractivity contribution >= 4 is 61.3 Å². The van der Waals surface area contributed by atoms with Crippen molar-refractivity contribution in [2.24, 2.45) is 4.99 Å². The highest BCUT2D eigenvalue weighted by atomic mass is 127. The molecule has 1 aromatic carbocycles. The number of thiazole rings is 1. The summed E-state index contributed by atoms with van der Waals surface area (Å²) in [4.78, 5) is 9.21. The Kier molecular flexibility index (Phi) is 8.08. The second kappa shape index (κ2) is 9.84. The summed E-state index contributed by atoms with van der Waals surface area (Å²) in [5, 5.41) is 7.56. The van der Waals surface area contributed by atoms with E-state index in [1.807, 2.05) is 25.1 Å². The molecule has 1 saturated heterocycles. The molecule has 0 saturated carbocycles. The fourth-order valence-electron chi connectivity index (χ4n) is 2.87. The van der Waals surface area contributed by atoms with Gasteiger partial charge in [0.15, 0.2) is 15.8 Å². The Bertz CT molecular complexity index is 818. The Labute approximate surface area is 175 Å². The fraction of sp³-hybridized carbons (Fsp3) is 0.529. The van der Waals surface area contributed by atoms with Gasteiger partial charge in [-0.1, -0.05) is 12.1 Å². The average Bonchev–Trinajstić information content (AvgIpc) is 3.14. The van der Waals surface area contributed by atoms with E-state index >= 15 is 0 Å². The molecule has 1 aromatic heterocycles. The number of nitrogens with zero attached hydrogens (tertiary/aromatic N) is 2. The van der Waals surface area contributed by atoms with Gasteiger partial charge < -0.3 is 10.6 Å². The number of aromatic nitrogens is 1. The number of fused-ring (bicyclic) bond motifs is 1. The molecule has 0 bridgehead atoms. The Hall–Kier alpha value is -0.940. The van der Waals surface area contributed by atoms with E-state index < -0.39 is 9.84 Å². The van der Waals surface area contributed by atoms with Gasteiger partial charge in [-0.3, -0.25) is 4.99 Å². The Morgan fingerprint density at radius 3 is 2.88 bits per heavy atom.